The van der Waals surface area contributed by atoms with E-state index in [9.17, 15) is 4.79 Å². The molecule has 1 N–H and O–H groups in total. The predicted molar refractivity (Wildman–Crippen MR) is 123 cm³/mol. The SMILES string of the molecule is O=c1[nH]c(C(F)(F)c2ccccc2)nc2c1nnn2-c1ccccc1SCc1ccccc1. The van der Waals surface area contributed by atoms with E-state index < -0.39 is 17.3 Å². The van der Waals surface area contributed by atoms with Gasteiger partial charge in [0, 0.05) is 16.2 Å². The summed E-state index contributed by atoms with van der Waals surface area (Å²) in [5.41, 5.74) is 0.562. The van der Waals surface area contributed by atoms with Gasteiger partial charge in [-0.2, -0.15) is 13.5 Å². The maximum absolute atomic E-state index is 15.1. The number of rotatable bonds is 6. The molecule has 0 atom stereocenters. The van der Waals surface area contributed by atoms with Crippen LogP contribution in [0.1, 0.15) is 17.0 Å². The van der Waals surface area contributed by atoms with Crippen LogP contribution in [0.25, 0.3) is 16.9 Å². The van der Waals surface area contributed by atoms with Crippen LogP contribution in [0, 0.1) is 0 Å². The fourth-order valence-electron chi connectivity index (χ4n) is 3.41. The van der Waals surface area contributed by atoms with Crippen LogP contribution in [0.5, 0.6) is 0 Å². The van der Waals surface area contributed by atoms with Gasteiger partial charge in [0.2, 0.25) is 0 Å². The molecule has 0 aliphatic rings. The number of nitrogens with one attached hydrogen (secondary N) is 1. The van der Waals surface area contributed by atoms with Gasteiger partial charge in [-0.1, -0.05) is 78.0 Å². The maximum Gasteiger partial charge on any atom is 0.330 e. The normalized spacial score (nSPS) is 11.7. The highest BCUT2D eigenvalue weighted by molar-refractivity contribution is 7.98. The van der Waals surface area contributed by atoms with E-state index in [1.165, 1.54) is 28.9 Å². The fourth-order valence-corrected chi connectivity index (χ4v) is 4.40. The fraction of sp³-hybridized carbons (Fsp3) is 0.0833. The Morgan fingerprint density at radius 2 is 1.58 bits per heavy atom. The lowest BCUT2D eigenvalue weighted by atomic mass is 10.1. The minimum atomic E-state index is -3.49. The first kappa shape index (κ1) is 21.0. The topological polar surface area (TPSA) is 76.5 Å². The minimum Gasteiger partial charge on any atom is -0.303 e. The van der Waals surface area contributed by atoms with Crippen LogP contribution in [-0.2, 0) is 11.7 Å². The highest BCUT2D eigenvalue weighted by atomic mass is 32.2. The first-order valence-corrected chi connectivity index (χ1v) is 11.1. The number of benzene rings is 3. The molecule has 2 aromatic heterocycles. The monoisotopic (exact) mass is 461 g/mol. The number of fused-ring (bicyclic) bond motifs is 1. The second kappa shape index (κ2) is 8.59. The predicted octanol–water partition coefficient (Wildman–Crippen LogP) is 4.94. The molecule has 3 aromatic carbocycles. The highest BCUT2D eigenvalue weighted by Gasteiger charge is 2.38. The van der Waals surface area contributed by atoms with Crippen LogP contribution in [0.15, 0.2) is 94.6 Å². The summed E-state index contributed by atoms with van der Waals surface area (Å²) in [5.74, 6) is -3.55. The molecule has 5 aromatic rings. The summed E-state index contributed by atoms with van der Waals surface area (Å²) in [4.78, 5) is 19.7. The largest absolute Gasteiger partial charge is 0.330 e. The van der Waals surface area contributed by atoms with Crippen molar-refractivity contribution in [1.82, 2.24) is 25.0 Å². The van der Waals surface area contributed by atoms with Crippen LogP contribution in [0.2, 0.25) is 0 Å². The number of halogens is 2. The Labute approximate surface area is 191 Å². The molecule has 5 rings (SSSR count). The molecule has 0 saturated heterocycles. The van der Waals surface area contributed by atoms with E-state index in [0.29, 0.717) is 11.4 Å². The lowest BCUT2D eigenvalue weighted by Crippen LogP contribution is -2.24. The van der Waals surface area contributed by atoms with Gasteiger partial charge in [-0.15, -0.1) is 16.9 Å². The number of thioether (sulfide) groups is 1. The van der Waals surface area contributed by atoms with E-state index in [1.807, 2.05) is 48.5 Å². The highest BCUT2D eigenvalue weighted by Crippen LogP contribution is 2.34. The third kappa shape index (κ3) is 4.03. The zero-order valence-electron chi connectivity index (χ0n) is 17.2. The molecule has 2 heterocycles. The average molecular weight is 461 g/mol. The summed E-state index contributed by atoms with van der Waals surface area (Å²) in [6, 6.07) is 24.6. The van der Waals surface area contributed by atoms with E-state index in [0.717, 1.165) is 10.5 Å². The van der Waals surface area contributed by atoms with Gasteiger partial charge in [0.05, 0.1) is 5.69 Å². The van der Waals surface area contributed by atoms with Crippen LogP contribution >= 0.6 is 11.8 Å². The maximum atomic E-state index is 15.1. The van der Waals surface area contributed by atoms with Crippen LogP contribution in [0.3, 0.4) is 0 Å². The number of aromatic nitrogens is 5. The van der Waals surface area contributed by atoms with Crippen molar-refractivity contribution < 1.29 is 8.78 Å². The number of nitrogens with zero attached hydrogens (tertiary/aromatic N) is 4. The second-order valence-electron chi connectivity index (χ2n) is 7.27. The Morgan fingerprint density at radius 3 is 2.33 bits per heavy atom. The quantitative estimate of drug-likeness (QED) is 0.363. The van der Waals surface area contributed by atoms with Gasteiger partial charge < -0.3 is 4.98 Å². The summed E-state index contributed by atoms with van der Waals surface area (Å²) in [7, 11) is 0. The van der Waals surface area contributed by atoms with Gasteiger partial charge in [0.25, 0.3) is 5.56 Å². The molecule has 33 heavy (non-hydrogen) atoms. The molecular formula is C24H17F2N5OS. The van der Waals surface area contributed by atoms with E-state index in [-0.39, 0.29) is 16.7 Å². The Bertz CT molecular complexity index is 1470. The molecule has 9 heteroatoms. The van der Waals surface area contributed by atoms with Crippen molar-refractivity contribution in [3.8, 4) is 5.69 Å². The molecule has 0 saturated carbocycles. The molecular weight excluding hydrogens is 444 g/mol. The molecule has 0 spiro atoms. The molecule has 0 unspecified atom stereocenters. The first-order valence-electron chi connectivity index (χ1n) is 10.1. The Balaban J connectivity index is 1.59. The van der Waals surface area contributed by atoms with E-state index in [4.69, 9.17) is 0 Å². The van der Waals surface area contributed by atoms with E-state index in [2.05, 4.69) is 20.3 Å². The summed E-state index contributed by atoms with van der Waals surface area (Å²) in [5, 5.41) is 7.97. The number of hydrogen-bond donors (Lipinski definition) is 1. The van der Waals surface area contributed by atoms with Crippen molar-refractivity contribution in [3.63, 3.8) is 0 Å². The van der Waals surface area contributed by atoms with Gasteiger partial charge in [0.1, 0.15) is 0 Å². The van der Waals surface area contributed by atoms with Crippen LogP contribution < -0.4 is 5.56 Å². The van der Waals surface area contributed by atoms with Crippen molar-refractivity contribution in [1.29, 1.82) is 0 Å². The van der Waals surface area contributed by atoms with Crippen molar-refractivity contribution in [2.24, 2.45) is 0 Å². The van der Waals surface area contributed by atoms with Crippen molar-refractivity contribution in [2.75, 3.05) is 0 Å². The molecule has 0 radical (unpaired) electrons. The van der Waals surface area contributed by atoms with Crippen LogP contribution in [-0.4, -0.2) is 25.0 Å². The first-order chi connectivity index (χ1) is 16.0. The zero-order valence-corrected chi connectivity index (χ0v) is 18.0. The minimum absolute atomic E-state index is 0.0304. The molecule has 0 fully saturated rings. The van der Waals surface area contributed by atoms with Gasteiger partial charge in [0.15, 0.2) is 17.0 Å². The standard InChI is InChI=1S/C24H17F2N5OS/c25-24(26,17-11-5-2-6-12-17)23-27-21-20(22(32)28-23)29-30-31(21)18-13-7-8-14-19(18)33-15-16-9-3-1-4-10-16/h1-14H,15H2,(H,27,28,32). The number of alkyl halides is 2. The van der Waals surface area contributed by atoms with Crippen LogP contribution in [0.4, 0.5) is 8.78 Å². The van der Waals surface area contributed by atoms with Gasteiger partial charge >= 0.3 is 5.92 Å². The Morgan fingerprint density at radius 1 is 0.909 bits per heavy atom. The third-order valence-corrected chi connectivity index (χ3v) is 6.21. The Hall–Kier alpha value is -3.85. The summed E-state index contributed by atoms with van der Waals surface area (Å²) in [6.07, 6.45) is 0. The van der Waals surface area contributed by atoms with Gasteiger partial charge in [-0.25, -0.2) is 4.98 Å². The van der Waals surface area contributed by atoms with Gasteiger partial charge in [-0.05, 0) is 17.7 Å². The molecule has 6 nitrogen and oxygen atoms in total. The summed E-state index contributed by atoms with van der Waals surface area (Å²) in [6.45, 7) is 0. The Kier molecular flexibility index (Phi) is 5.47. The number of H-pyrrole nitrogens is 1. The van der Waals surface area contributed by atoms with Gasteiger partial charge in [-0.3, -0.25) is 4.79 Å². The third-order valence-electron chi connectivity index (χ3n) is 5.08. The second-order valence-corrected chi connectivity index (χ2v) is 8.29. The molecule has 0 amide bonds. The van der Waals surface area contributed by atoms with E-state index >= 15 is 8.78 Å². The van der Waals surface area contributed by atoms with Crippen molar-refractivity contribution >= 4 is 22.9 Å². The molecule has 164 valence electrons. The molecule has 0 aliphatic heterocycles. The van der Waals surface area contributed by atoms with Crippen molar-refractivity contribution in [2.45, 2.75) is 16.6 Å². The number of para-hydroxylation sites is 1. The number of aromatic amines is 1. The summed E-state index contributed by atoms with van der Waals surface area (Å²) < 4.78 is 31.6. The molecule has 0 aliphatic carbocycles. The van der Waals surface area contributed by atoms with Crippen molar-refractivity contribution in [3.05, 3.63) is 112 Å². The lowest BCUT2D eigenvalue weighted by Gasteiger charge is -2.15. The smallest absolute Gasteiger partial charge is 0.303 e. The lowest BCUT2D eigenvalue weighted by molar-refractivity contribution is 0.0329. The molecule has 0 bridgehead atoms. The average Bonchev–Trinajstić information content (AvgIpc) is 3.29. The van der Waals surface area contributed by atoms with E-state index in [1.54, 1.807) is 23.9 Å². The number of hydrogen-bond acceptors (Lipinski definition) is 5. The zero-order chi connectivity index (χ0) is 22.8. The summed E-state index contributed by atoms with van der Waals surface area (Å²) >= 11 is 1.57.